The Bertz CT molecular complexity index is 868. The van der Waals surface area contributed by atoms with Crippen LogP contribution in [0, 0.1) is 13.8 Å². The van der Waals surface area contributed by atoms with E-state index >= 15 is 0 Å². The van der Waals surface area contributed by atoms with Gasteiger partial charge in [0.15, 0.2) is 0 Å². The molecular formula is C16H13ClN2O. The molecule has 0 aliphatic carbocycles. The van der Waals surface area contributed by atoms with Crippen molar-refractivity contribution in [2.75, 3.05) is 0 Å². The average molecular weight is 285 g/mol. The van der Waals surface area contributed by atoms with Gasteiger partial charge in [-0.1, -0.05) is 29.8 Å². The predicted molar refractivity (Wildman–Crippen MR) is 81.8 cm³/mol. The predicted octanol–water partition coefficient (Wildman–Crippen LogP) is 3.66. The molecule has 0 bridgehead atoms. The third-order valence-electron chi connectivity index (χ3n) is 3.40. The highest BCUT2D eigenvalue weighted by atomic mass is 35.5. The van der Waals surface area contributed by atoms with Crippen molar-refractivity contribution in [3.8, 4) is 5.69 Å². The van der Waals surface area contributed by atoms with Crippen LogP contribution in [-0.2, 0) is 0 Å². The fourth-order valence-electron chi connectivity index (χ4n) is 2.40. The van der Waals surface area contributed by atoms with Crippen LogP contribution in [-0.4, -0.2) is 9.55 Å². The SMILES string of the molecule is Cc1ccccc1-n1c(=O)nc(C)c2ccc(Cl)cc21. The van der Waals surface area contributed by atoms with E-state index in [0.29, 0.717) is 10.7 Å². The number of aromatic nitrogens is 2. The normalized spacial score (nSPS) is 10.9. The van der Waals surface area contributed by atoms with Crippen LogP contribution in [0.1, 0.15) is 11.3 Å². The Kier molecular flexibility index (Phi) is 3.07. The van der Waals surface area contributed by atoms with Gasteiger partial charge < -0.3 is 0 Å². The molecule has 1 aromatic heterocycles. The zero-order valence-corrected chi connectivity index (χ0v) is 12.0. The Morgan fingerprint density at radius 2 is 1.85 bits per heavy atom. The molecular weight excluding hydrogens is 272 g/mol. The summed E-state index contributed by atoms with van der Waals surface area (Å²) < 4.78 is 1.61. The first kappa shape index (κ1) is 12.9. The van der Waals surface area contributed by atoms with E-state index in [2.05, 4.69) is 4.98 Å². The molecule has 0 atom stereocenters. The van der Waals surface area contributed by atoms with Crippen molar-refractivity contribution in [1.29, 1.82) is 0 Å². The summed E-state index contributed by atoms with van der Waals surface area (Å²) in [6.07, 6.45) is 0. The number of benzene rings is 2. The minimum Gasteiger partial charge on any atom is -0.260 e. The molecule has 0 N–H and O–H groups in total. The number of nitrogens with zero attached hydrogens (tertiary/aromatic N) is 2. The first-order chi connectivity index (χ1) is 9.58. The molecule has 0 saturated heterocycles. The molecule has 0 radical (unpaired) electrons. The summed E-state index contributed by atoms with van der Waals surface area (Å²) in [5.41, 5.74) is 3.06. The topological polar surface area (TPSA) is 34.9 Å². The van der Waals surface area contributed by atoms with Gasteiger partial charge in [-0.2, -0.15) is 4.98 Å². The van der Waals surface area contributed by atoms with Crippen molar-refractivity contribution in [3.05, 3.63) is 69.2 Å². The van der Waals surface area contributed by atoms with Crippen LogP contribution in [0.25, 0.3) is 16.6 Å². The first-order valence-electron chi connectivity index (χ1n) is 6.33. The van der Waals surface area contributed by atoms with E-state index in [9.17, 15) is 4.79 Å². The van der Waals surface area contributed by atoms with Crippen molar-refractivity contribution in [2.24, 2.45) is 0 Å². The molecule has 0 spiro atoms. The van der Waals surface area contributed by atoms with Gasteiger partial charge in [0.05, 0.1) is 16.9 Å². The van der Waals surface area contributed by atoms with Crippen LogP contribution < -0.4 is 5.69 Å². The van der Waals surface area contributed by atoms with Gasteiger partial charge in [0, 0.05) is 10.4 Å². The second-order valence-corrected chi connectivity index (χ2v) is 5.20. The molecule has 100 valence electrons. The molecule has 0 aliphatic heterocycles. The van der Waals surface area contributed by atoms with Gasteiger partial charge in [0.1, 0.15) is 0 Å². The van der Waals surface area contributed by atoms with E-state index in [1.807, 2.05) is 50.2 Å². The lowest BCUT2D eigenvalue weighted by Crippen LogP contribution is -2.23. The van der Waals surface area contributed by atoms with Crippen molar-refractivity contribution in [3.63, 3.8) is 0 Å². The third kappa shape index (κ3) is 2.00. The minimum atomic E-state index is -0.286. The van der Waals surface area contributed by atoms with Crippen LogP contribution in [0.3, 0.4) is 0 Å². The molecule has 20 heavy (non-hydrogen) atoms. The smallest absolute Gasteiger partial charge is 0.260 e. The molecule has 0 saturated carbocycles. The van der Waals surface area contributed by atoms with Crippen LogP contribution >= 0.6 is 11.6 Å². The van der Waals surface area contributed by atoms with E-state index in [1.165, 1.54) is 0 Å². The Hall–Kier alpha value is -2.13. The molecule has 1 heterocycles. The Labute approximate surface area is 121 Å². The largest absolute Gasteiger partial charge is 0.352 e. The zero-order chi connectivity index (χ0) is 14.3. The number of aryl methyl sites for hydroxylation is 2. The summed E-state index contributed by atoms with van der Waals surface area (Å²) in [7, 11) is 0. The number of fused-ring (bicyclic) bond motifs is 1. The van der Waals surface area contributed by atoms with Crippen molar-refractivity contribution in [2.45, 2.75) is 13.8 Å². The fourth-order valence-corrected chi connectivity index (χ4v) is 2.57. The van der Waals surface area contributed by atoms with E-state index in [1.54, 1.807) is 10.6 Å². The Morgan fingerprint density at radius 3 is 2.60 bits per heavy atom. The van der Waals surface area contributed by atoms with E-state index in [-0.39, 0.29) is 5.69 Å². The molecule has 0 amide bonds. The number of para-hydroxylation sites is 1. The number of hydrogen-bond donors (Lipinski definition) is 0. The molecule has 3 rings (SSSR count). The summed E-state index contributed by atoms with van der Waals surface area (Å²) in [6.45, 7) is 3.80. The van der Waals surface area contributed by atoms with Gasteiger partial charge in [-0.15, -0.1) is 0 Å². The lowest BCUT2D eigenvalue weighted by molar-refractivity contribution is 0.933. The third-order valence-corrected chi connectivity index (χ3v) is 3.64. The molecule has 0 aliphatic rings. The maximum atomic E-state index is 12.3. The first-order valence-corrected chi connectivity index (χ1v) is 6.70. The molecule has 0 unspecified atom stereocenters. The molecule has 4 heteroatoms. The van der Waals surface area contributed by atoms with Gasteiger partial charge in [0.25, 0.3) is 0 Å². The van der Waals surface area contributed by atoms with Gasteiger partial charge in [-0.3, -0.25) is 4.57 Å². The fraction of sp³-hybridized carbons (Fsp3) is 0.125. The second-order valence-electron chi connectivity index (χ2n) is 4.76. The maximum Gasteiger partial charge on any atom is 0.352 e. The Morgan fingerprint density at radius 1 is 1.10 bits per heavy atom. The van der Waals surface area contributed by atoms with Gasteiger partial charge in [-0.25, -0.2) is 4.79 Å². The maximum absolute atomic E-state index is 12.3. The van der Waals surface area contributed by atoms with Crippen LogP contribution in [0.15, 0.2) is 47.3 Å². The lowest BCUT2D eigenvalue weighted by atomic mass is 10.1. The van der Waals surface area contributed by atoms with Crippen LogP contribution in [0.5, 0.6) is 0 Å². The summed E-state index contributed by atoms with van der Waals surface area (Å²) in [4.78, 5) is 16.4. The average Bonchev–Trinajstić information content (AvgIpc) is 2.40. The quantitative estimate of drug-likeness (QED) is 0.683. The minimum absolute atomic E-state index is 0.286. The second kappa shape index (κ2) is 4.76. The van der Waals surface area contributed by atoms with Crippen molar-refractivity contribution < 1.29 is 0 Å². The molecule has 2 aromatic carbocycles. The standard InChI is InChI=1S/C16H13ClN2O/c1-10-5-3-4-6-14(10)19-15-9-12(17)7-8-13(15)11(2)18-16(19)20/h3-9H,1-2H3. The summed E-state index contributed by atoms with van der Waals surface area (Å²) in [6, 6.07) is 13.2. The van der Waals surface area contributed by atoms with E-state index in [4.69, 9.17) is 11.6 Å². The van der Waals surface area contributed by atoms with E-state index < -0.39 is 0 Å². The van der Waals surface area contributed by atoms with Crippen LogP contribution in [0.2, 0.25) is 5.02 Å². The number of halogens is 1. The molecule has 3 nitrogen and oxygen atoms in total. The summed E-state index contributed by atoms with van der Waals surface area (Å²) >= 11 is 6.09. The van der Waals surface area contributed by atoms with E-state index in [0.717, 1.165) is 22.2 Å². The van der Waals surface area contributed by atoms with Gasteiger partial charge in [0.2, 0.25) is 0 Å². The van der Waals surface area contributed by atoms with Crippen molar-refractivity contribution in [1.82, 2.24) is 9.55 Å². The molecule has 0 fully saturated rings. The lowest BCUT2D eigenvalue weighted by Gasteiger charge is -2.13. The highest BCUT2D eigenvalue weighted by Crippen LogP contribution is 2.23. The highest BCUT2D eigenvalue weighted by Gasteiger charge is 2.11. The van der Waals surface area contributed by atoms with Gasteiger partial charge >= 0.3 is 5.69 Å². The van der Waals surface area contributed by atoms with Gasteiger partial charge in [-0.05, 0) is 43.7 Å². The number of hydrogen-bond acceptors (Lipinski definition) is 2. The summed E-state index contributed by atoms with van der Waals surface area (Å²) in [5, 5.41) is 1.53. The molecule has 3 aromatic rings. The van der Waals surface area contributed by atoms with Crippen molar-refractivity contribution >= 4 is 22.5 Å². The number of rotatable bonds is 1. The Balaban J connectivity index is 2.50. The van der Waals surface area contributed by atoms with Crippen LogP contribution in [0.4, 0.5) is 0 Å². The monoisotopic (exact) mass is 284 g/mol. The zero-order valence-electron chi connectivity index (χ0n) is 11.2. The highest BCUT2D eigenvalue weighted by molar-refractivity contribution is 6.31. The summed E-state index contributed by atoms with van der Waals surface area (Å²) in [5.74, 6) is 0.